The van der Waals surface area contributed by atoms with Crippen molar-refractivity contribution in [2.75, 3.05) is 0 Å². The van der Waals surface area contributed by atoms with Gasteiger partial charge in [-0.05, 0) is 141 Å². The maximum atomic E-state index is 6.86. The number of para-hydroxylation sites is 5. The second-order valence-electron chi connectivity index (χ2n) is 27.2. The molecular weight excluding hydrogens is 1280 g/mol. The van der Waals surface area contributed by atoms with Gasteiger partial charge in [-0.15, -0.1) is 0 Å². The van der Waals surface area contributed by atoms with Gasteiger partial charge < -0.3 is 17.7 Å². The fraction of sp³-hybridized carbons (Fsp3) is 0.0213. The number of benzene rings is 15. The highest BCUT2D eigenvalue weighted by molar-refractivity contribution is 6.37. The Bertz CT molecular complexity index is 7500. The maximum Gasteiger partial charge on any atom is 0.236 e. The molecule has 486 valence electrons. The molecule has 0 atom stereocenters. The van der Waals surface area contributed by atoms with Gasteiger partial charge in [-0.1, -0.05) is 242 Å². The number of nitrogens with zero attached hydrogens (tertiary/aromatic N) is 6. The first-order valence-electron chi connectivity index (χ1n) is 35.1. The van der Waals surface area contributed by atoms with E-state index in [-0.39, 0.29) is 0 Å². The lowest BCUT2D eigenvalue weighted by atomic mass is 9.95. The van der Waals surface area contributed by atoms with Gasteiger partial charge in [0.25, 0.3) is 0 Å². The van der Waals surface area contributed by atoms with Crippen LogP contribution in [0.25, 0.3) is 221 Å². The molecule has 0 saturated heterocycles. The SMILES string of the molecule is Cc1cc(C)cc(-c2nc(-n3c4ccccc4c4c5ccccc5c5c6ccccc6oc5c43)nc3c2oc2ccc4ccccc4c23)c1.c1ccc(-c2cc(-c3ccccc3)cc(-c3nc(-n4c5ccccc5c5c6ccccc6c6c7ccccc7oc6c54)nc4c3oc3ccccc34)c2)cc1. The van der Waals surface area contributed by atoms with Gasteiger partial charge in [0.1, 0.15) is 55.8 Å². The fourth-order valence-electron chi connectivity index (χ4n) is 16.7. The second-order valence-corrected chi connectivity index (χ2v) is 27.2. The van der Waals surface area contributed by atoms with E-state index in [2.05, 4.69) is 272 Å². The molecule has 0 aliphatic rings. The molecule has 0 aliphatic carbocycles. The molecule has 23 aromatic rings. The lowest BCUT2D eigenvalue weighted by Gasteiger charge is -2.13. The summed E-state index contributed by atoms with van der Waals surface area (Å²) in [6, 6.07) is 106. The molecule has 10 nitrogen and oxygen atoms in total. The van der Waals surface area contributed by atoms with E-state index in [9.17, 15) is 0 Å². The Hall–Kier alpha value is -14.0. The largest absolute Gasteiger partial charge is 0.454 e. The van der Waals surface area contributed by atoms with E-state index >= 15 is 0 Å². The van der Waals surface area contributed by atoms with Gasteiger partial charge in [-0.2, -0.15) is 0 Å². The third-order valence-electron chi connectivity index (χ3n) is 21.0. The Morgan fingerprint density at radius 2 is 0.615 bits per heavy atom. The summed E-state index contributed by atoms with van der Waals surface area (Å²) in [4.78, 5) is 21.8. The Morgan fingerprint density at radius 1 is 0.240 bits per heavy atom. The highest BCUT2D eigenvalue weighted by Crippen LogP contribution is 2.50. The molecule has 0 amide bonds. The Kier molecular flexibility index (Phi) is 12.4. The molecule has 0 N–H and O–H groups in total. The molecule has 0 aliphatic heterocycles. The zero-order chi connectivity index (χ0) is 68.4. The number of aromatic nitrogens is 6. The number of furan rings is 4. The maximum absolute atomic E-state index is 6.86. The van der Waals surface area contributed by atoms with Gasteiger partial charge in [0, 0.05) is 59.6 Å². The van der Waals surface area contributed by atoms with E-state index in [4.69, 9.17) is 37.6 Å². The molecule has 104 heavy (non-hydrogen) atoms. The van der Waals surface area contributed by atoms with Crippen molar-refractivity contribution in [2.24, 2.45) is 0 Å². The van der Waals surface area contributed by atoms with Crippen LogP contribution in [-0.2, 0) is 0 Å². The molecule has 0 bridgehead atoms. The van der Waals surface area contributed by atoms with Crippen molar-refractivity contribution in [1.29, 1.82) is 0 Å². The molecule has 10 heteroatoms. The molecule has 0 saturated carbocycles. The number of rotatable bonds is 6. The van der Waals surface area contributed by atoms with Gasteiger partial charge in [0.05, 0.1) is 16.4 Å². The van der Waals surface area contributed by atoms with Gasteiger partial charge in [-0.3, -0.25) is 9.13 Å². The zero-order valence-corrected chi connectivity index (χ0v) is 56.2. The molecule has 8 aromatic heterocycles. The summed E-state index contributed by atoms with van der Waals surface area (Å²) in [6.45, 7) is 4.25. The van der Waals surface area contributed by atoms with Gasteiger partial charge in [0.2, 0.25) is 11.9 Å². The predicted molar refractivity (Wildman–Crippen MR) is 426 cm³/mol. The predicted octanol–water partition coefficient (Wildman–Crippen LogP) is 25.5. The zero-order valence-electron chi connectivity index (χ0n) is 56.2. The lowest BCUT2D eigenvalue weighted by molar-refractivity contribution is 0.666. The normalized spacial score (nSPS) is 12.1. The summed E-state index contributed by atoms with van der Waals surface area (Å²) in [6.07, 6.45) is 0. The molecular formula is C94H56N6O4. The minimum absolute atomic E-state index is 0.545. The molecule has 15 aromatic carbocycles. The van der Waals surface area contributed by atoms with Crippen molar-refractivity contribution in [3.8, 4) is 56.7 Å². The van der Waals surface area contributed by atoms with Crippen LogP contribution in [0, 0.1) is 13.8 Å². The van der Waals surface area contributed by atoms with Crippen LogP contribution in [0.3, 0.4) is 0 Å². The first-order valence-corrected chi connectivity index (χ1v) is 35.1. The lowest BCUT2D eigenvalue weighted by Crippen LogP contribution is -2.03. The van der Waals surface area contributed by atoms with E-state index in [1.807, 2.05) is 54.6 Å². The minimum Gasteiger partial charge on any atom is -0.454 e. The van der Waals surface area contributed by atoms with Crippen LogP contribution in [-0.4, -0.2) is 29.1 Å². The minimum atomic E-state index is 0.545. The number of aryl methyl sites for hydroxylation is 2. The van der Waals surface area contributed by atoms with Crippen LogP contribution in [0.4, 0.5) is 0 Å². The average Bonchev–Trinajstić information content (AvgIpc) is 1.54. The van der Waals surface area contributed by atoms with E-state index in [0.29, 0.717) is 23.1 Å². The van der Waals surface area contributed by atoms with E-state index in [0.717, 1.165) is 203 Å². The molecule has 8 heterocycles. The van der Waals surface area contributed by atoms with Crippen molar-refractivity contribution < 1.29 is 17.7 Å². The van der Waals surface area contributed by atoms with Gasteiger partial charge >= 0.3 is 0 Å². The third kappa shape index (κ3) is 8.57. The first-order chi connectivity index (χ1) is 51.4. The second kappa shape index (κ2) is 22.3. The average molecular weight is 1330 g/mol. The van der Waals surface area contributed by atoms with Crippen molar-refractivity contribution in [3.05, 3.63) is 314 Å². The van der Waals surface area contributed by atoms with Crippen LogP contribution >= 0.6 is 0 Å². The molecule has 0 spiro atoms. The van der Waals surface area contributed by atoms with E-state index < -0.39 is 0 Å². The monoisotopic (exact) mass is 1330 g/mol. The summed E-state index contributed by atoms with van der Waals surface area (Å²) in [5, 5.41) is 17.6. The van der Waals surface area contributed by atoms with Gasteiger partial charge in [0.15, 0.2) is 22.3 Å². The van der Waals surface area contributed by atoms with E-state index in [1.165, 1.54) is 5.39 Å². The van der Waals surface area contributed by atoms with Crippen LogP contribution < -0.4 is 0 Å². The summed E-state index contributed by atoms with van der Waals surface area (Å²) in [5.41, 5.74) is 21.8. The number of hydrogen-bond acceptors (Lipinski definition) is 8. The highest BCUT2D eigenvalue weighted by Gasteiger charge is 2.30. The Morgan fingerprint density at radius 3 is 1.14 bits per heavy atom. The molecule has 0 radical (unpaired) electrons. The van der Waals surface area contributed by atoms with Crippen LogP contribution in [0.5, 0.6) is 0 Å². The molecule has 0 unspecified atom stereocenters. The first kappa shape index (κ1) is 57.9. The van der Waals surface area contributed by atoms with Crippen molar-refractivity contribution in [1.82, 2.24) is 29.1 Å². The number of fused-ring (bicyclic) bond motifs is 28. The van der Waals surface area contributed by atoms with Crippen LogP contribution in [0.1, 0.15) is 11.1 Å². The smallest absolute Gasteiger partial charge is 0.236 e. The highest BCUT2D eigenvalue weighted by atomic mass is 16.3. The van der Waals surface area contributed by atoms with Crippen LogP contribution in [0.2, 0.25) is 0 Å². The molecule has 0 fully saturated rings. The molecule has 23 rings (SSSR count). The summed E-state index contributed by atoms with van der Waals surface area (Å²) in [5.74, 6) is 1.11. The summed E-state index contributed by atoms with van der Waals surface area (Å²) >= 11 is 0. The van der Waals surface area contributed by atoms with E-state index in [1.54, 1.807) is 0 Å². The Balaban J connectivity index is 0.000000132. The number of hydrogen-bond donors (Lipinski definition) is 0. The third-order valence-corrected chi connectivity index (χ3v) is 21.0. The van der Waals surface area contributed by atoms with Crippen LogP contribution in [0.15, 0.2) is 321 Å². The summed E-state index contributed by atoms with van der Waals surface area (Å²) in [7, 11) is 0. The standard InChI is InChI=1S/C50H29N3O2.C44H27N3O2/c1-3-15-30(16-4-1)32-27-33(31-17-5-2-6-18-31)29-34(28-32)45-49-46(39-23-11-14-26-42(39)55-49)52-50(51-45)53-40-24-12-9-21-37(40)43-35-19-7-8-20-36(35)44-38-22-10-13-25-41(38)54-48(44)47(43)53;1-24-21-25(2)23-27(22-24)39-43-40(38-28-12-4-3-11-26(28)19-20-35(38)49-43)46-44(45-39)47-33-17-9-7-15-31(33)36-29-13-5-6-14-30(29)37-32-16-8-10-18-34(32)48-42(37)41(36)47/h1-29H;3-23H,1-2H3. The van der Waals surface area contributed by atoms with Gasteiger partial charge in [-0.25, -0.2) is 19.9 Å². The quantitative estimate of drug-likeness (QED) is 0.162. The summed E-state index contributed by atoms with van der Waals surface area (Å²) < 4.78 is 31.5. The topological polar surface area (TPSA) is 114 Å². The van der Waals surface area contributed by atoms with Crippen molar-refractivity contribution in [2.45, 2.75) is 13.8 Å². The fourth-order valence-corrected chi connectivity index (χ4v) is 16.7. The van der Waals surface area contributed by atoms with Crippen molar-refractivity contribution in [3.63, 3.8) is 0 Å². The van der Waals surface area contributed by atoms with Crippen molar-refractivity contribution >= 4 is 164 Å². The Labute approximate surface area is 592 Å².